The van der Waals surface area contributed by atoms with Crippen molar-refractivity contribution in [1.82, 2.24) is 9.97 Å². The molecule has 0 saturated carbocycles. The van der Waals surface area contributed by atoms with Crippen LogP contribution in [0.5, 0.6) is 0 Å². The third kappa shape index (κ3) is 3.42. The summed E-state index contributed by atoms with van der Waals surface area (Å²) in [5.74, 6) is 4.55. The Balaban J connectivity index is 1.99. The lowest BCUT2D eigenvalue weighted by atomic mass is 9.99. The van der Waals surface area contributed by atoms with Gasteiger partial charge in [0.25, 0.3) is 5.91 Å². The Hall–Kier alpha value is -3.60. The molecule has 1 aliphatic rings. The number of H-pyrrole nitrogens is 1. The first-order valence-electron chi connectivity index (χ1n) is 7.74. The van der Waals surface area contributed by atoms with Crippen molar-refractivity contribution in [2.75, 3.05) is 11.9 Å². The van der Waals surface area contributed by atoms with E-state index < -0.39 is 11.9 Å². The second-order valence-corrected chi connectivity index (χ2v) is 5.48. The lowest BCUT2D eigenvalue weighted by molar-refractivity contribution is -0.110. The molecule has 0 radical (unpaired) electrons. The van der Waals surface area contributed by atoms with Crippen molar-refractivity contribution in [3.63, 3.8) is 0 Å². The van der Waals surface area contributed by atoms with Crippen LogP contribution in [0.3, 0.4) is 0 Å². The van der Waals surface area contributed by atoms with Gasteiger partial charge in [0.2, 0.25) is 0 Å². The molecular formula is C18H15FN4O3. The Morgan fingerprint density at radius 2 is 2.27 bits per heavy atom. The molecule has 0 aliphatic carbocycles. The number of aromatic amines is 1. The van der Waals surface area contributed by atoms with Crippen molar-refractivity contribution in [2.24, 2.45) is 5.73 Å². The fraction of sp³-hybridized carbons (Fsp3) is 0.167. The van der Waals surface area contributed by atoms with Crippen molar-refractivity contribution in [3.05, 3.63) is 46.8 Å². The first kappa shape index (κ1) is 17.2. The van der Waals surface area contributed by atoms with Gasteiger partial charge in [0.05, 0.1) is 34.5 Å². The van der Waals surface area contributed by atoms with E-state index in [2.05, 4.69) is 31.9 Å². The molecule has 0 atom stereocenters. The molecule has 0 saturated heterocycles. The predicted molar refractivity (Wildman–Crippen MR) is 93.3 cm³/mol. The summed E-state index contributed by atoms with van der Waals surface area (Å²) in [7, 11) is 0. The highest BCUT2D eigenvalue weighted by atomic mass is 19.1. The van der Waals surface area contributed by atoms with Gasteiger partial charge in [-0.3, -0.25) is 4.79 Å². The van der Waals surface area contributed by atoms with Crippen LogP contribution in [0.4, 0.5) is 14.9 Å². The number of fused-ring (bicyclic) bond motifs is 1. The van der Waals surface area contributed by atoms with Crippen LogP contribution in [0.25, 0.3) is 11.6 Å². The van der Waals surface area contributed by atoms with Gasteiger partial charge in [-0.05, 0) is 25.1 Å². The van der Waals surface area contributed by atoms with E-state index in [1.807, 2.05) is 0 Å². The Morgan fingerprint density at radius 1 is 1.46 bits per heavy atom. The van der Waals surface area contributed by atoms with Gasteiger partial charge in [-0.1, -0.05) is 11.8 Å². The van der Waals surface area contributed by atoms with Gasteiger partial charge in [0.15, 0.2) is 0 Å². The molecule has 1 aromatic carbocycles. The van der Waals surface area contributed by atoms with Crippen LogP contribution in [0.1, 0.15) is 28.9 Å². The van der Waals surface area contributed by atoms with E-state index in [0.29, 0.717) is 28.2 Å². The first-order chi connectivity index (χ1) is 12.5. The minimum atomic E-state index is -0.895. The molecule has 7 nitrogen and oxygen atoms in total. The second kappa shape index (κ2) is 7.11. The van der Waals surface area contributed by atoms with Gasteiger partial charge >= 0.3 is 6.09 Å². The molecule has 3 rings (SSSR count). The van der Waals surface area contributed by atoms with Crippen molar-refractivity contribution in [3.8, 4) is 11.8 Å². The molecule has 4 N–H and O–H groups in total. The van der Waals surface area contributed by atoms with E-state index >= 15 is 0 Å². The smallest absolute Gasteiger partial charge is 0.404 e. The number of carbonyl (C=O) groups is 2. The quantitative estimate of drug-likeness (QED) is 0.446. The number of nitrogens with one attached hydrogen (secondary N) is 2. The lowest BCUT2D eigenvalue weighted by Crippen LogP contribution is -2.13. The van der Waals surface area contributed by atoms with E-state index in [1.54, 1.807) is 13.0 Å². The number of aromatic nitrogens is 2. The molecule has 8 heteroatoms. The van der Waals surface area contributed by atoms with Crippen molar-refractivity contribution in [1.29, 1.82) is 0 Å². The average molecular weight is 354 g/mol. The summed E-state index contributed by atoms with van der Waals surface area (Å²) in [5.41, 5.74) is 7.51. The minimum absolute atomic E-state index is 0.00614. The van der Waals surface area contributed by atoms with Crippen molar-refractivity contribution < 1.29 is 18.7 Å². The number of benzene rings is 1. The topological polar surface area (TPSA) is 110 Å². The number of aryl methyl sites for hydroxylation is 1. The van der Waals surface area contributed by atoms with Crippen LogP contribution >= 0.6 is 0 Å². The molecule has 2 heterocycles. The molecule has 0 fully saturated rings. The van der Waals surface area contributed by atoms with E-state index in [9.17, 15) is 14.0 Å². The highest BCUT2D eigenvalue weighted by Gasteiger charge is 2.28. The number of carbonyl (C=O) groups excluding carboxylic acids is 2. The summed E-state index contributed by atoms with van der Waals surface area (Å²) < 4.78 is 18.9. The van der Waals surface area contributed by atoms with Gasteiger partial charge in [-0.15, -0.1) is 0 Å². The zero-order chi connectivity index (χ0) is 18.7. The fourth-order valence-electron chi connectivity index (χ4n) is 2.54. The number of nitrogens with zero attached hydrogens (tertiary/aromatic N) is 1. The largest absolute Gasteiger partial charge is 0.449 e. The summed E-state index contributed by atoms with van der Waals surface area (Å²) in [4.78, 5) is 29.9. The Morgan fingerprint density at radius 3 is 2.96 bits per heavy atom. The maximum Gasteiger partial charge on any atom is 0.404 e. The Labute approximate surface area is 148 Å². The zero-order valence-corrected chi connectivity index (χ0v) is 13.9. The van der Waals surface area contributed by atoms with Crippen molar-refractivity contribution >= 4 is 29.3 Å². The fourth-order valence-corrected chi connectivity index (χ4v) is 2.54. The lowest BCUT2D eigenvalue weighted by Gasteiger charge is -2.04. The SMILES string of the molecule is Cc1nc[nH]c1C=C1C(=O)Nc2ccc(F)c(C#CCCOC(N)=O)c21. The predicted octanol–water partition coefficient (Wildman–Crippen LogP) is 2.19. The Kier molecular flexibility index (Phi) is 4.71. The maximum absolute atomic E-state index is 14.3. The summed E-state index contributed by atoms with van der Waals surface area (Å²) in [6.07, 6.45) is 2.42. The van der Waals surface area contributed by atoms with Gasteiger partial charge < -0.3 is 20.8 Å². The summed E-state index contributed by atoms with van der Waals surface area (Å²) in [6, 6.07) is 2.73. The number of halogens is 1. The highest BCUT2D eigenvalue weighted by molar-refractivity contribution is 6.35. The van der Waals surface area contributed by atoms with Crippen LogP contribution in [0, 0.1) is 24.6 Å². The first-order valence-corrected chi connectivity index (χ1v) is 7.74. The van der Waals surface area contributed by atoms with Crippen LogP contribution in [0.15, 0.2) is 18.5 Å². The molecule has 0 unspecified atom stereocenters. The summed E-state index contributed by atoms with van der Waals surface area (Å²) in [6.45, 7) is 1.80. The van der Waals surface area contributed by atoms with Gasteiger partial charge in [-0.25, -0.2) is 14.2 Å². The van der Waals surface area contributed by atoms with Crippen LogP contribution < -0.4 is 11.1 Å². The number of imidazole rings is 1. The monoisotopic (exact) mass is 354 g/mol. The van der Waals surface area contributed by atoms with Gasteiger partial charge in [-0.2, -0.15) is 0 Å². The second-order valence-electron chi connectivity index (χ2n) is 5.48. The molecule has 2 amide bonds. The zero-order valence-electron chi connectivity index (χ0n) is 13.9. The molecule has 0 bridgehead atoms. The molecule has 1 aliphatic heterocycles. The Bertz CT molecular complexity index is 982. The normalized spacial score (nSPS) is 13.8. The molecule has 132 valence electrons. The number of hydrogen-bond donors (Lipinski definition) is 3. The molecule has 1 aromatic heterocycles. The van der Waals surface area contributed by atoms with Crippen LogP contribution in [0.2, 0.25) is 0 Å². The van der Waals surface area contributed by atoms with E-state index in [1.165, 1.54) is 18.5 Å². The number of primary amides is 1. The summed E-state index contributed by atoms with van der Waals surface area (Å²) >= 11 is 0. The molecule has 0 spiro atoms. The number of amides is 2. The van der Waals surface area contributed by atoms with Gasteiger partial charge in [0, 0.05) is 12.0 Å². The highest BCUT2D eigenvalue weighted by Crippen LogP contribution is 2.36. The maximum atomic E-state index is 14.3. The number of hydrogen-bond acceptors (Lipinski definition) is 4. The standard InChI is InChI=1S/C18H15FN4O3/c1-10-15(22-9-21-10)8-12-16-11(4-2-3-7-26-18(20)25)13(19)5-6-14(16)23-17(12)24/h5-6,8-9H,3,7H2,1H3,(H2,20,25)(H,21,22)(H,23,24). The average Bonchev–Trinajstić information content (AvgIpc) is 3.13. The van der Waals surface area contributed by atoms with Gasteiger partial charge in [0.1, 0.15) is 12.4 Å². The minimum Gasteiger partial charge on any atom is -0.449 e. The van der Waals surface area contributed by atoms with E-state index in [-0.39, 0.29) is 24.5 Å². The van der Waals surface area contributed by atoms with Crippen LogP contribution in [-0.2, 0) is 9.53 Å². The number of rotatable bonds is 3. The molecule has 26 heavy (non-hydrogen) atoms. The van der Waals surface area contributed by atoms with Crippen LogP contribution in [-0.4, -0.2) is 28.6 Å². The number of ether oxygens (including phenoxy) is 1. The number of anilines is 1. The third-order valence-electron chi connectivity index (χ3n) is 3.76. The van der Waals surface area contributed by atoms with E-state index in [4.69, 9.17) is 5.73 Å². The van der Waals surface area contributed by atoms with Crippen molar-refractivity contribution in [2.45, 2.75) is 13.3 Å². The number of nitrogens with two attached hydrogens (primary N) is 1. The third-order valence-corrected chi connectivity index (χ3v) is 3.76. The molecule has 2 aromatic rings. The molecular weight excluding hydrogens is 339 g/mol. The van der Waals surface area contributed by atoms with E-state index in [0.717, 1.165) is 0 Å². The summed E-state index contributed by atoms with van der Waals surface area (Å²) in [5, 5.41) is 2.70.